The zero-order valence-electron chi connectivity index (χ0n) is 24.3. The summed E-state index contributed by atoms with van der Waals surface area (Å²) in [5.74, 6) is -10.4. The highest BCUT2D eigenvalue weighted by molar-refractivity contribution is 5.86. The maximum atomic E-state index is 13.4. The lowest BCUT2D eigenvalue weighted by Crippen LogP contribution is -2.47. The monoisotopic (exact) mass is 606 g/mol. The van der Waals surface area contributed by atoms with Crippen molar-refractivity contribution in [2.75, 3.05) is 26.4 Å². The van der Waals surface area contributed by atoms with Crippen LogP contribution in [0.15, 0.2) is 0 Å². The normalized spacial score (nSPS) is 15.5. The maximum absolute atomic E-state index is 13.4. The van der Waals surface area contributed by atoms with Crippen LogP contribution in [0.2, 0.25) is 0 Å². The van der Waals surface area contributed by atoms with Crippen LogP contribution in [-0.2, 0) is 57.3 Å². The van der Waals surface area contributed by atoms with Gasteiger partial charge in [0.25, 0.3) is 0 Å². The molecule has 16 heteroatoms. The van der Waals surface area contributed by atoms with Gasteiger partial charge in [0.1, 0.15) is 0 Å². The predicted molar refractivity (Wildman–Crippen MR) is 137 cm³/mol. The van der Waals surface area contributed by atoms with E-state index >= 15 is 0 Å². The summed E-state index contributed by atoms with van der Waals surface area (Å²) in [5.41, 5.74) is -7.03. The van der Waals surface area contributed by atoms with Crippen LogP contribution in [0, 0.1) is 21.7 Å². The quantitative estimate of drug-likeness (QED) is 0.119. The van der Waals surface area contributed by atoms with Crippen molar-refractivity contribution in [1.29, 1.82) is 0 Å². The number of carboxylic acids is 4. The lowest BCUT2D eigenvalue weighted by atomic mass is 9.61. The predicted octanol–water partition coefficient (Wildman–Crippen LogP) is 1.12. The summed E-state index contributed by atoms with van der Waals surface area (Å²) < 4.78 is 19.4. The molecule has 0 spiro atoms. The van der Waals surface area contributed by atoms with Gasteiger partial charge in [-0.3, -0.25) is 19.2 Å². The lowest BCUT2D eigenvalue weighted by molar-refractivity contribution is -0.177. The van der Waals surface area contributed by atoms with Crippen LogP contribution in [0.4, 0.5) is 0 Å². The van der Waals surface area contributed by atoms with E-state index in [1.165, 1.54) is 41.5 Å². The van der Waals surface area contributed by atoms with E-state index in [1.807, 2.05) is 0 Å². The number of carbonyl (C=O) groups excluding carboxylic acids is 4. The van der Waals surface area contributed by atoms with Gasteiger partial charge < -0.3 is 39.4 Å². The van der Waals surface area contributed by atoms with Crippen molar-refractivity contribution in [3.05, 3.63) is 0 Å². The first-order valence-electron chi connectivity index (χ1n) is 12.6. The van der Waals surface area contributed by atoms with Gasteiger partial charge in [-0.1, -0.05) is 6.92 Å². The van der Waals surface area contributed by atoms with Gasteiger partial charge >= 0.3 is 47.8 Å². The summed E-state index contributed by atoms with van der Waals surface area (Å²) >= 11 is 0. The van der Waals surface area contributed by atoms with E-state index in [0.717, 1.165) is 0 Å². The standard InChI is InChI=1S/C26H38O16/c1-7-24(4,20(36)40-9-16(29)30)13-26(6,22(38)42-11-18(33)34)14-25(5,21(37)41-10-17(31)32)12-23(2,3)19(35)39-8-15(27)28/h7-14H2,1-6H3,(H,27,28)(H,29,30)(H,31,32)(H,33,34). The summed E-state index contributed by atoms with van der Waals surface area (Å²) in [5, 5.41) is 35.8. The first kappa shape index (κ1) is 37.8. The molecule has 0 heterocycles. The van der Waals surface area contributed by atoms with Crippen LogP contribution >= 0.6 is 0 Å². The number of esters is 4. The molecule has 0 aromatic carbocycles. The number of ether oxygens (including phenoxy) is 4. The minimum atomic E-state index is -1.92. The number of rotatable bonds is 19. The van der Waals surface area contributed by atoms with Gasteiger partial charge in [0.15, 0.2) is 26.4 Å². The second-order valence-electron chi connectivity index (χ2n) is 11.3. The van der Waals surface area contributed by atoms with Crippen LogP contribution in [0.5, 0.6) is 0 Å². The van der Waals surface area contributed by atoms with E-state index in [-0.39, 0.29) is 6.42 Å². The van der Waals surface area contributed by atoms with Gasteiger partial charge in [0.2, 0.25) is 0 Å². The molecular weight excluding hydrogens is 568 g/mol. The molecule has 238 valence electrons. The Morgan fingerprint density at radius 3 is 1.02 bits per heavy atom. The van der Waals surface area contributed by atoms with E-state index in [1.54, 1.807) is 0 Å². The van der Waals surface area contributed by atoms with Crippen molar-refractivity contribution in [3.63, 3.8) is 0 Å². The van der Waals surface area contributed by atoms with Crippen molar-refractivity contribution in [1.82, 2.24) is 0 Å². The van der Waals surface area contributed by atoms with E-state index in [2.05, 4.69) is 0 Å². The molecule has 0 aromatic rings. The molecule has 0 radical (unpaired) electrons. The molecule has 0 saturated heterocycles. The highest BCUT2D eigenvalue weighted by Crippen LogP contribution is 2.49. The number of carbonyl (C=O) groups is 8. The highest BCUT2D eigenvalue weighted by atomic mass is 16.6. The molecule has 0 saturated carbocycles. The fourth-order valence-electron chi connectivity index (χ4n) is 4.75. The van der Waals surface area contributed by atoms with Crippen molar-refractivity contribution in [3.8, 4) is 0 Å². The second kappa shape index (κ2) is 15.1. The molecule has 3 atom stereocenters. The Kier molecular flexibility index (Phi) is 13.6. The molecule has 0 aliphatic carbocycles. The molecule has 16 nitrogen and oxygen atoms in total. The average Bonchev–Trinajstić information content (AvgIpc) is 2.86. The van der Waals surface area contributed by atoms with Gasteiger partial charge in [-0.15, -0.1) is 0 Å². The van der Waals surface area contributed by atoms with Gasteiger partial charge in [-0.05, 0) is 60.3 Å². The highest BCUT2D eigenvalue weighted by Gasteiger charge is 2.53. The maximum Gasteiger partial charge on any atom is 0.341 e. The molecular formula is C26H38O16. The van der Waals surface area contributed by atoms with Crippen LogP contribution in [0.3, 0.4) is 0 Å². The smallest absolute Gasteiger partial charge is 0.341 e. The summed E-state index contributed by atoms with van der Waals surface area (Å²) in [6, 6.07) is 0. The minimum absolute atomic E-state index is 0.0135. The van der Waals surface area contributed by atoms with Gasteiger partial charge in [0.05, 0.1) is 21.7 Å². The molecule has 3 unspecified atom stereocenters. The van der Waals surface area contributed by atoms with E-state index < -0.39 is 115 Å². The summed E-state index contributed by atoms with van der Waals surface area (Å²) in [6.07, 6.45) is -1.58. The van der Waals surface area contributed by atoms with Crippen molar-refractivity contribution < 1.29 is 77.7 Å². The Morgan fingerprint density at radius 1 is 0.452 bits per heavy atom. The summed E-state index contributed by atoms with van der Waals surface area (Å²) in [6.45, 7) is 3.82. The molecule has 0 rings (SSSR count). The van der Waals surface area contributed by atoms with Gasteiger partial charge in [0, 0.05) is 0 Å². The SMILES string of the molecule is CCC(C)(CC(C)(CC(C)(CC(C)(C)C(=O)OCC(=O)O)C(=O)OCC(=O)O)C(=O)OCC(=O)O)C(=O)OCC(=O)O. The van der Waals surface area contributed by atoms with E-state index in [4.69, 9.17) is 39.4 Å². The molecule has 0 amide bonds. The Morgan fingerprint density at radius 2 is 0.714 bits per heavy atom. The average molecular weight is 607 g/mol. The third kappa shape index (κ3) is 11.7. The Labute approximate surface area is 241 Å². The molecule has 0 aromatic heterocycles. The Hall–Kier alpha value is -4.24. The second-order valence-corrected chi connectivity index (χ2v) is 11.3. The molecule has 0 aliphatic heterocycles. The number of aliphatic carboxylic acids is 4. The fraction of sp³-hybridized carbons (Fsp3) is 0.692. The largest absolute Gasteiger partial charge is 0.479 e. The molecule has 0 fully saturated rings. The van der Waals surface area contributed by atoms with Crippen molar-refractivity contribution in [2.45, 2.75) is 67.2 Å². The zero-order valence-corrected chi connectivity index (χ0v) is 24.3. The number of hydrogen-bond donors (Lipinski definition) is 4. The molecule has 0 bridgehead atoms. The third-order valence-corrected chi connectivity index (χ3v) is 6.51. The van der Waals surface area contributed by atoms with Crippen LogP contribution < -0.4 is 0 Å². The van der Waals surface area contributed by atoms with Crippen LogP contribution in [0.1, 0.15) is 67.2 Å². The number of hydrogen-bond acceptors (Lipinski definition) is 12. The first-order valence-corrected chi connectivity index (χ1v) is 12.6. The Bertz CT molecular complexity index is 1080. The molecule has 42 heavy (non-hydrogen) atoms. The summed E-state index contributed by atoms with van der Waals surface area (Å²) in [4.78, 5) is 96.3. The van der Waals surface area contributed by atoms with Crippen LogP contribution in [0.25, 0.3) is 0 Å². The first-order chi connectivity index (χ1) is 19.0. The van der Waals surface area contributed by atoms with Gasteiger partial charge in [-0.2, -0.15) is 0 Å². The zero-order chi connectivity index (χ0) is 33.1. The van der Waals surface area contributed by atoms with E-state index in [0.29, 0.717) is 0 Å². The minimum Gasteiger partial charge on any atom is -0.479 e. The Balaban J connectivity index is 6.82. The fourth-order valence-corrected chi connectivity index (χ4v) is 4.75. The summed E-state index contributed by atoms with van der Waals surface area (Å²) in [7, 11) is 0. The van der Waals surface area contributed by atoms with Crippen molar-refractivity contribution >= 4 is 47.8 Å². The van der Waals surface area contributed by atoms with E-state index in [9.17, 15) is 38.4 Å². The number of carboxylic acid groups (broad SMARTS) is 4. The topological polar surface area (TPSA) is 254 Å². The molecule has 0 aliphatic rings. The third-order valence-electron chi connectivity index (χ3n) is 6.51. The van der Waals surface area contributed by atoms with Crippen LogP contribution in [-0.4, -0.2) is 94.6 Å². The van der Waals surface area contributed by atoms with Gasteiger partial charge in [-0.25, -0.2) is 19.2 Å². The molecule has 4 N–H and O–H groups in total. The lowest BCUT2D eigenvalue weighted by Gasteiger charge is -2.42. The van der Waals surface area contributed by atoms with Crippen molar-refractivity contribution in [2.24, 2.45) is 21.7 Å².